The third-order valence-electron chi connectivity index (χ3n) is 4.99. The molecule has 0 spiro atoms. The molecule has 0 radical (unpaired) electrons. The summed E-state index contributed by atoms with van der Waals surface area (Å²) < 4.78 is 32.2. The molecule has 3 heterocycles. The fourth-order valence-electron chi connectivity index (χ4n) is 3.66. The topological polar surface area (TPSA) is 93.5 Å². The van der Waals surface area contributed by atoms with Crippen molar-refractivity contribution in [3.63, 3.8) is 0 Å². The Morgan fingerprint density at radius 1 is 1.26 bits per heavy atom. The molecule has 2 aliphatic heterocycles. The molecule has 0 bridgehead atoms. The second kappa shape index (κ2) is 7.06. The first kappa shape index (κ1) is 18.1. The molecule has 2 aromatic rings. The Labute approximate surface area is 158 Å². The summed E-state index contributed by atoms with van der Waals surface area (Å²) in [5.41, 5.74) is 1.95. The normalized spacial score (nSPS) is 18.6. The highest BCUT2D eigenvalue weighted by molar-refractivity contribution is 7.90. The van der Waals surface area contributed by atoms with E-state index in [1.807, 2.05) is 0 Å². The number of carbonyl (C=O) groups is 1. The highest BCUT2D eigenvalue weighted by Crippen LogP contribution is 2.38. The third-order valence-corrected chi connectivity index (χ3v) is 6.68. The molecule has 27 heavy (non-hydrogen) atoms. The zero-order valence-electron chi connectivity index (χ0n) is 15.1. The van der Waals surface area contributed by atoms with Crippen molar-refractivity contribution in [2.24, 2.45) is 7.05 Å². The Bertz CT molecular complexity index is 977. The minimum atomic E-state index is -3.49. The number of hydrogen-bond acceptors (Lipinski definition) is 6. The van der Waals surface area contributed by atoms with Gasteiger partial charge in [0.25, 0.3) is 5.91 Å². The number of fused-ring (bicyclic) bond motifs is 3. The van der Waals surface area contributed by atoms with Crippen LogP contribution < -0.4 is 5.32 Å². The average molecular weight is 390 g/mol. The molecule has 0 unspecified atom stereocenters. The maximum Gasteiger partial charge on any atom is 0.272 e. The van der Waals surface area contributed by atoms with Crippen molar-refractivity contribution >= 4 is 15.7 Å². The van der Waals surface area contributed by atoms with Gasteiger partial charge in [0.2, 0.25) is 0 Å². The molecule has 8 nitrogen and oxygen atoms in total. The average Bonchev–Trinajstić information content (AvgIpc) is 2.98. The van der Waals surface area contributed by atoms with Crippen molar-refractivity contribution in [3.8, 4) is 11.3 Å². The highest BCUT2D eigenvalue weighted by atomic mass is 32.2. The Morgan fingerprint density at radius 2 is 2.00 bits per heavy atom. The van der Waals surface area contributed by atoms with Gasteiger partial charge in [0, 0.05) is 44.4 Å². The number of amides is 1. The quantitative estimate of drug-likeness (QED) is 0.814. The molecule has 1 aromatic heterocycles. The van der Waals surface area contributed by atoms with Gasteiger partial charge in [-0.25, -0.2) is 8.42 Å². The van der Waals surface area contributed by atoms with E-state index in [9.17, 15) is 13.2 Å². The maximum atomic E-state index is 12.7. The van der Waals surface area contributed by atoms with E-state index in [1.165, 1.54) is 0 Å². The van der Waals surface area contributed by atoms with E-state index in [0.29, 0.717) is 41.5 Å². The number of hydrogen-bond donors (Lipinski definition) is 1. The number of benzene rings is 1. The Balaban J connectivity index is 1.57. The summed E-state index contributed by atoms with van der Waals surface area (Å²) in [6.45, 7) is 4.32. The molecule has 1 saturated heterocycles. The summed E-state index contributed by atoms with van der Waals surface area (Å²) in [7, 11) is -1.76. The van der Waals surface area contributed by atoms with Gasteiger partial charge in [-0.15, -0.1) is 0 Å². The SMILES string of the molecule is Cn1nc(C(=O)NCCN2CCOCC2)c2c1-c1ccccc1S(=O)(=O)C2. The molecule has 1 N–H and O–H groups in total. The van der Waals surface area contributed by atoms with E-state index < -0.39 is 9.84 Å². The van der Waals surface area contributed by atoms with Gasteiger partial charge in [-0.1, -0.05) is 18.2 Å². The highest BCUT2D eigenvalue weighted by Gasteiger charge is 2.34. The summed E-state index contributed by atoms with van der Waals surface area (Å²) in [5, 5.41) is 7.20. The zero-order chi connectivity index (χ0) is 19.0. The number of carbonyl (C=O) groups excluding carboxylic acids is 1. The second-order valence-corrected chi connectivity index (χ2v) is 8.72. The lowest BCUT2D eigenvalue weighted by Crippen LogP contribution is -2.41. The zero-order valence-corrected chi connectivity index (χ0v) is 16.0. The molecule has 144 valence electrons. The van der Waals surface area contributed by atoms with Crippen LogP contribution >= 0.6 is 0 Å². The molecule has 9 heteroatoms. The van der Waals surface area contributed by atoms with E-state index in [1.54, 1.807) is 36.0 Å². The second-order valence-electron chi connectivity index (χ2n) is 6.76. The number of aryl methyl sites for hydroxylation is 1. The van der Waals surface area contributed by atoms with Crippen molar-refractivity contribution in [2.75, 3.05) is 39.4 Å². The standard InChI is InChI=1S/C18H22N4O4S/c1-21-17-13-4-2-3-5-15(13)27(24,25)12-14(17)16(20-21)18(23)19-6-7-22-8-10-26-11-9-22/h2-5H,6-12H2,1H3,(H,19,23). The fraction of sp³-hybridized carbons (Fsp3) is 0.444. The predicted molar refractivity (Wildman–Crippen MR) is 99.1 cm³/mol. The van der Waals surface area contributed by atoms with Crippen LogP contribution in [-0.2, 0) is 27.4 Å². The molecule has 1 aromatic carbocycles. The van der Waals surface area contributed by atoms with Gasteiger partial charge in [-0.3, -0.25) is 14.4 Å². The summed E-state index contributed by atoms with van der Waals surface area (Å²) in [6.07, 6.45) is 0. The Hall–Kier alpha value is -2.23. The first-order chi connectivity index (χ1) is 13.0. The molecular weight excluding hydrogens is 368 g/mol. The van der Waals surface area contributed by atoms with E-state index in [2.05, 4.69) is 15.3 Å². The number of ether oxygens (including phenoxy) is 1. The largest absolute Gasteiger partial charge is 0.379 e. The van der Waals surface area contributed by atoms with Crippen LogP contribution in [0.1, 0.15) is 16.1 Å². The van der Waals surface area contributed by atoms with Gasteiger partial charge in [0.05, 0.1) is 29.6 Å². The van der Waals surface area contributed by atoms with E-state index in [0.717, 1.165) is 19.6 Å². The number of nitrogens with one attached hydrogen (secondary N) is 1. The Morgan fingerprint density at radius 3 is 2.78 bits per heavy atom. The fourth-order valence-corrected chi connectivity index (χ4v) is 5.26. The molecule has 0 saturated carbocycles. The molecule has 1 amide bonds. The van der Waals surface area contributed by atoms with Gasteiger partial charge < -0.3 is 10.1 Å². The van der Waals surface area contributed by atoms with Crippen LogP contribution in [0.25, 0.3) is 11.3 Å². The van der Waals surface area contributed by atoms with E-state index in [4.69, 9.17) is 4.74 Å². The first-order valence-electron chi connectivity index (χ1n) is 8.94. The monoisotopic (exact) mass is 390 g/mol. The first-order valence-corrected chi connectivity index (χ1v) is 10.6. The molecule has 2 aliphatic rings. The van der Waals surface area contributed by atoms with Crippen LogP contribution in [0.5, 0.6) is 0 Å². The minimum Gasteiger partial charge on any atom is -0.379 e. The van der Waals surface area contributed by atoms with E-state index >= 15 is 0 Å². The molecule has 4 rings (SSSR count). The van der Waals surface area contributed by atoms with Crippen LogP contribution in [-0.4, -0.2) is 68.4 Å². The minimum absolute atomic E-state index is 0.188. The van der Waals surface area contributed by atoms with Gasteiger partial charge in [0.1, 0.15) is 0 Å². The van der Waals surface area contributed by atoms with Crippen molar-refractivity contribution in [2.45, 2.75) is 10.6 Å². The predicted octanol–water partition coefficient (Wildman–Crippen LogP) is 0.436. The lowest BCUT2D eigenvalue weighted by molar-refractivity contribution is 0.0383. The maximum absolute atomic E-state index is 12.7. The number of aromatic nitrogens is 2. The summed E-state index contributed by atoms with van der Waals surface area (Å²) in [6, 6.07) is 6.85. The number of nitrogens with zero attached hydrogens (tertiary/aromatic N) is 3. The lowest BCUT2D eigenvalue weighted by Gasteiger charge is -2.26. The van der Waals surface area contributed by atoms with Crippen LogP contribution in [0.3, 0.4) is 0 Å². The number of sulfone groups is 1. The molecule has 0 atom stereocenters. The smallest absolute Gasteiger partial charge is 0.272 e. The van der Waals surface area contributed by atoms with Crippen molar-refractivity contribution in [3.05, 3.63) is 35.5 Å². The summed E-state index contributed by atoms with van der Waals surface area (Å²) in [5.74, 6) is -0.547. The Kier molecular flexibility index (Phi) is 4.75. The van der Waals surface area contributed by atoms with E-state index in [-0.39, 0.29) is 17.4 Å². The number of morpholine rings is 1. The van der Waals surface area contributed by atoms with Crippen LogP contribution in [0.2, 0.25) is 0 Å². The summed E-state index contributed by atoms with van der Waals surface area (Å²) in [4.78, 5) is 15.2. The van der Waals surface area contributed by atoms with Crippen LogP contribution in [0.15, 0.2) is 29.2 Å². The van der Waals surface area contributed by atoms with Gasteiger partial charge in [0.15, 0.2) is 15.5 Å². The molecular formula is C18H22N4O4S. The van der Waals surface area contributed by atoms with Crippen molar-refractivity contribution in [1.29, 1.82) is 0 Å². The van der Waals surface area contributed by atoms with Gasteiger partial charge >= 0.3 is 0 Å². The van der Waals surface area contributed by atoms with Crippen LogP contribution in [0, 0.1) is 0 Å². The van der Waals surface area contributed by atoms with Crippen molar-refractivity contribution < 1.29 is 17.9 Å². The summed E-state index contributed by atoms with van der Waals surface area (Å²) >= 11 is 0. The number of rotatable bonds is 4. The lowest BCUT2D eigenvalue weighted by atomic mass is 10.1. The van der Waals surface area contributed by atoms with Crippen molar-refractivity contribution in [1.82, 2.24) is 20.0 Å². The van der Waals surface area contributed by atoms with Crippen LogP contribution in [0.4, 0.5) is 0 Å². The third kappa shape index (κ3) is 3.38. The van der Waals surface area contributed by atoms with Gasteiger partial charge in [-0.2, -0.15) is 5.10 Å². The van der Waals surface area contributed by atoms with Gasteiger partial charge in [-0.05, 0) is 6.07 Å². The molecule has 0 aliphatic carbocycles. The molecule has 1 fully saturated rings.